The Hall–Kier alpha value is -5.81. The Morgan fingerprint density at radius 3 is 2.58 bits per heavy atom. The zero-order chi connectivity index (χ0) is 45.6. The molecule has 2 bridgehead atoms. The largest absolute Gasteiger partial charge is 0.381 e. The molecule has 6 aliphatic rings. The highest BCUT2D eigenvalue weighted by Gasteiger charge is 2.40. The summed E-state index contributed by atoms with van der Waals surface area (Å²) >= 11 is 0. The zero-order valence-electron chi connectivity index (χ0n) is 37.3. The maximum Gasteiger partial charge on any atom is 0.284 e. The van der Waals surface area contributed by atoms with Gasteiger partial charge in [-0.05, 0) is 82.3 Å². The fraction of sp³-hybridized carbons (Fsp3) is 0.562. The number of likely N-dealkylation sites (tertiary alicyclic amines) is 1. The standard InChI is InChI=1S/C48H55F2N11O6/c49-45(50)43-39(52-48(64)38-24-51-59-19-14-40(53-46(38)59)58-26-35-23-33(58)28-67-35)27-60(55-43)31-8-6-29(7-9-31)25-57-17-12-34(13-18-57)66-20-2-4-30-3-1-5-36-42(37-10-11-41(62)54-47(37)63)56-61(44(30)36)32-15-21-65-22-16-32/h1,3,5,14,19,24,27,29,31-35,37,45H,6-13,15-18,20-23,25-26,28H2,(H,52,64)(H,54,62,63)/t29?,31?,33-,35-,37?/m0/s1. The van der Waals surface area contributed by atoms with E-state index in [0.29, 0.717) is 50.1 Å². The monoisotopic (exact) mass is 919 g/mol. The van der Waals surface area contributed by atoms with Crippen molar-refractivity contribution in [3.8, 4) is 11.8 Å². The molecule has 5 aromatic rings. The molecular formula is C48H55F2N11O6. The Morgan fingerprint density at radius 1 is 0.985 bits per heavy atom. The summed E-state index contributed by atoms with van der Waals surface area (Å²) < 4.78 is 51.5. The van der Waals surface area contributed by atoms with Crippen molar-refractivity contribution in [3.63, 3.8) is 0 Å². The lowest BCUT2D eigenvalue weighted by Gasteiger charge is -2.36. The molecule has 0 radical (unpaired) electrons. The van der Waals surface area contributed by atoms with Crippen molar-refractivity contribution in [3.05, 3.63) is 65.4 Å². The van der Waals surface area contributed by atoms with E-state index in [4.69, 9.17) is 24.3 Å². The number of aromatic nitrogens is 7. The summed E-state index contributed by atoms with van der Waals surface area (Å²) in [6.07, 6.45) is 10.8. The Balaban J connectivity index is 0.667. The normalized spacial score (nSPS) is 25.3. The van der Waals surface area contributed by atoms with E-state index < -0.39 is 23.9 Å². The number of fused-ring (bicyclic) bond motifs is 4. The number of anilines is 2. The van der Waals surface area contributed by atoms with Crippen LogP contribution in [-0.2, 0) is 23.8 Å². The number of rotatable bonds is 11. The maximum atomic E-state index is 14.3. The van der Waals surface area contributed by atoms with E-state index in [0.717, 1.165) is 106 Å². The van der Waals surface area contributed by atoms with Crippen molar-refractivity contribution < 1.29 is 37.4 Å². The van der Waals surface area contributed by atoms with Crippen LogP contribution in [0, 0.1) is 17.8 Å². The first-order chi connectivity index (χ1) is 32.7. The summed E-state index contributed by atoms with van der Waals surface area (Å²) in [6, 6.07) is 8.13. The Kier molecular flexibility index (Phi) is 12.2. The number of nitrogens with one attached hydrogen (secondary N) is 2. The molecule has 5 aliphatic heterocycles. The van der Waals surface area contributed by atoms with Gasteiger partial charge in [-0.2, -0.15) is 15.3 Å². The first-order valence-corrected chi connectivity index (χ1v) is 23.9. The van der Waals surface area contributed by atoms with E-state index >= 15 is 0 Å². The van der Waals surface area contributed by atoms with Gasteiger partial charge in [0.2, 0.25) is 11.8 Å². The molecule has 2 N–H and O–H groups in total. The minimum Gasteiger partial charge on any atom is -0.381 e. The van der Waals surface area contributed by atoms with Crippen molar-refractivity contribution in [2.24, 2.45) is 5.92 Å². The molecule has 1 aliphatic carbocycles. The smallest absolute Gasteiger partial charge is 0.284 e. The minimum absolute atomic E-state index is 0.00119. The Bertz CT molecular complexity index is 2720. The summed E-state index contributed by atoms with van der Waals surface area (Å²) in [4.78, 5) is 47.9. The highest BCUT2D eigenvalue weighted by atomic mass is 19.3. The van der Waals surface area contributed by atoms with Crippen LogP contribution in [0.5, 0.6) is 0 Å². The van der Waals surface area contributed by atoms with E-state index in [1.807, 2.05) is 28.9 Å². The molecule has 1 unspecified atom stereocenters. The van der Waals surface area contributed by atoms with Gasteiger partial charge in [0, 0.05) is 63.6 Å². The van der Waals surface area contributed by atoms with Crippen LogP contribution in [-0.4, -0.2) is 128 Å². The third-order valence-electron chi connectivity index (χ3n) is 14.7. The van der Waals surface area contributed by atoms with Gasteiger partial charge < -0.3 is 29.3 Å². The SMILES string of the molecule is O=C1CCC(c2nn(C3CCOCC3)c3c(C#CCOC4CCN(CC5CCC(n6cc(NC(=O)c7cnn8ccc(N9C[C@@H]%10C[C@H]9CO%10)nc78)c(C(F)F)n6)CC5)CC4)cccc23)C(=O)N1. The second kappa shape index (κ2) is 18.7. The van der Waals surface area contributed by atoms with E-state index in [9.17, 15) is 23.2 Å². The van der Waals surface area contributed by atoms with Crippen molar-refractivity contribution in [1.29, 1.82) is 0 Å². The number of ether oxygens (including phenoxy) is 3. The van der Waals surface area contributed by atoms with Crippen LogP contribution in [0.3, 0.4) is 0 Å². The number of morpholine rings is 1. The third-order valence-corrected chi connectivity index (χ3v) is 14.7. The van der Waals surface area contributed by atoms with Gasteiger partial charge in [0.05, 0.1) is 71.5 Å². The van der Waals surface area contributed by atoms with Crippen LogP contribution in [0.4, 0.5) is 20.3 Å². The Labute approximate surface area is 385 Å². The average Bonchev–Trinajstić information content (AvgIpc) is 4.21. The van der Waals surface area contributed by atoms with Crippen molar-refractivity contribution >= 4 is 45.8 Å². The fourth-order valence-corrected chi connectivity index (χ4v) is 11.1. The molecule has 3 atom stereocenters. The highest BCUT2D eigenvalue weighted by Crippen LogP contribution is 2.38. The molecule has 67 heavy (non-hydrogen) atoms. The average molecular weight is 920 g/mol. The van der Waals surface area contributed by atoms with Gasteiger partial charge in [-0.3, -0.25) is 29.1 Å². The molecule has 0 spiro atoms. The molecular weight excluding hydrogens is 865 g/mol. The van der Waals surface area contributed by atoms with Gasteiger partial charge in [-0.25, -0.2) is 18.3 Å². The molecule has 1 saturated carbocycles. The predicted molar refractivity (Wildman–Crippen MR) is 241 cm³/mol. The first kappa shape index (κ1) is 43.7. The molecule has 1 aromatic carbocycles. The minimum atomic E-state index is -2.86. The van der Waals surface area contributed by atoms with Gasteiger partial charge >= 0.3 is 0 Å². The van der Waals surface area contributed by atoms with Gasteiger partial charge in [0.25, 0.3) is 12.3 Å². The van der Waals surface area contributed by atoms with Crippen LogP contribution in [0.15, 0.2) is 42.9 Å². The van der Waals surface area contributed by atoms with Crippen LogP contribution in [0.2, 0.25) is 0 Å². The number of alkyl halides is 2. The van der Waals surface area contributed by atoms with E-state index in [1.165, 1.54) is 10.7 Å². The van der Waals surface area contributed by atoms with Crippen LogP contribution in [0.1, 0.15) is 122 Å². The van der Waals surface area contributed by atoms with E-state index in [-0.39, 0.29) is 59.8 Å². The summed E-state index contributed by atoms with van der Waals surface area (Å²) in [5.41, 5.74) is 2.55. The summed E-state index contributed by atoms with van der Waals surface area (Å²) in [6.45, 7) is 5.83. The van der Waals surface area contributed by atoms with Gasteiger partial charge in [-0.15, -0.1) is 0 Å². The molecule has 4 aromatic heterocycles. The molecule has 352 valence electrons. The van der Waals surface area contributed by atoms with Gasteiger partial charge in [0.1, 0.15) is 18.0 Å². The number of para-hydroxylation sites is 1. The Morgan fingerprint density at radius 2 is 1.82 bits per heavy atom. The molecule has 5 saturated heterocycles. The number of hydrogen-bond acceptors (Lipinski definition) is 12. The third kappa shape index (κ3) is 8.92. The van der Waals surface area contributed by atoms with Crippen molar-refractivity contribution in [2.45, 2.75) is 113 Å². The zero-order valence-corrected chi connectivity index (χ0v) is 37.3. The maximum absolute atomic E-state index is 14.3. The number of carbonyl (C=O) groups is 3. The summed E-state index contributed by atoms with van der Waals surface area (Å²) in [5.74, 6) is 6.24. The van der Waals surface area contributed by atoms with E-state index in [2.05, 4.69) is 42.5 Å². The molecule has 19 heteroatoms. The summed E-state index contributed by atoms with van der Waals surface area (Å²) in [7, 11) is 0. The number of carbonyl (C=O) groups excluding carboxylic acids is 3. The topological polar surface area (TPSA) is 175 Å². The predicted octanol–water partition coefficient (Wildman–Crippen LogP) is 5.58. The van der Waals surface area contributed by atoms with E-state index in [1.54, 1.807) is 17.1 Å². The number of nitrogens with zero attached hydrogens (tertiary/aromatic N) is 9. The molecule has 17 nitrogen and oxygen atoms in total. The van der Waals surface area contributed by atoms with Crippen LogP contribution >= 0.6 is 0 Å². The van der Waals surface area contributed by atoms with Crippen molar-refractivity contribution in [2.75, 3.05) is 62.8 Å². The van der Waals surface area contributed by atoms with Crippen molar-refractivity contribution in [1.82, 2.24) is 44.4 Å². The van der Waals surface area contributed by atoms with Gasteiger partial charge in [-0.1, -0.05) is 24.0 Å². The summed E-state index contributed by atoms with van der Waals surface area (Å²) in [5, 5.41) is 19.7. The van der Waals surface area contributed by atoms with Gasteiger partial charge in [0.15, 0.2) is 11.3 Å². The number of halogens is 2. The number of amides is 3. The lowest BCUT2D eigenvalue weighted by molar-refractivity contribution is -0.134. The lowest BCUT2D eigenvalue weighted by Crippen LogP contribution is -2.40. The van der Waals surface area contributed by atoms with Crippen LogP contribution in [0.25, 0.3) is 16.6 Å². The second-order valence-electron chi connectivity index (χ2n) is 18.9. The quantitative estimate of drug-likeness (QED) is 0.125. The lowest BCUT2D eigenvalue weighted by atomic mass is 9.85. The fourth-order valence-electron chi connectivity index (χ4n) is 11.1. The van der Waals surface area contributed by atoms with Crippen LogP contribution < -0.4 is 15.5 Å². The molecule has 6 fully saturated rings. The number of piperidine rings is 2. The molecule has 9 heterocycles. The molecule has 11 rings (SSSR count). The second-order valence-corrected chi connectivity index (χ2v) is 18.9. The number of benzene rings is 1. The number of hydrogen-bond donors (Lipinski definition) is 2. The first-order valence-electron chi connectivity index (χ1n) is 23.9. The molecule has 3 amide bonds. The highest BCUT2D eigenvalue weighted by molar-refractivity contribution is 6.08. The number of imide groups is 1.